The van der Waals surface area contributed by atoms with Gasteiger partial charge in [-0.25, -0.2) is 0 Å². The van der Waals surface area contributed by atoms with Gasteiger partial charge in [0.15, 0.2) is 0 Å². The van der Waals surface area contributed by atoms with E-state index in [1.54, 1.807) is 0 Å². The van der Waals surface area contributed by atoms with E-state index in [0.29, 0.717) is 0 Å². The molecule has 0 spiro atoms. The van der Waals surface area contributed by atoms with E-state index in [1.165, 1.54) is 0 Å². The maximum Gasteiger partial charge on any atom is 0.507 e. The smallest absolute Gasteiger partial charge is 0.373 e. The van der Waals surface area contributed by atoms with Crippen molar-refractivity contribution in [3.63, 3.8) is 0 Å². The largest absolute Gasteiger partial charge is 0.507 e. The van der Waals surface area contributed by atoms with Gasteiger partial charge in [0, 0.05) is 48.2 Å². The number of hydrogen-bond donors (Lipinski definition) is 0. The van der Waals surface area contributed by atoms with Crippen LogP contribution in [0.4, 0.5) is 0 Å². The minimum atomic E-state index is -2.69. The van der Waals surface area contributed by atoms with E-state index in [-0.39, 0.29) is 28.4 Å². The molecule has 34 heavy (non-hydrogen) atoms. The van der Waals surface area contributed by atoms with Crippen LogP contribution in [0, 0.1) is 0 Å². The van der Waals surface area contributed by atoms with Crippen molar-refractivity contribution in [2.75, 3.05) is 19.8 Å². The Balaban J connectivity index is 0. The van der Waals surface area contributed by atoms with Crippen LogP contribution in [0.5, 0.6) is 0 Å². The van der Waals surface area contributed by atoms with Crippen LogP contribution in [0.3, 0.4) is 0 Å². The molecule has 0 rings (SSSR count). The second-order valence-electron chi connectivity index (χ2n) is 11.7. The molecule has 0 N–H and O–H groups in total. The van der Waals surface area contributed by atoms with E-state index in [1.807, 2.05) is 41.5 Å². The summed E-state index contributed by atoms with van der Waals surface area (Å²) in [6.45, 7) is 33.5. The van der Waals surface area contributed by atoms with Crippen molar-refractivity contribution >= 4 is 17.6 Å². The Morgan fingerprint density at radius 2 is 0.706 bits per heavy atom. The average Bonchev–Trinajstić information content (AvgIpc) is 2.64. The van der Waals surface area contributed by atoms with Crippen LogP contribution in [0.25, 0.3) is 0 Å². The lowest BCUT2D eigenvalue weighted by Crippen LogP contribution is -2.57. The van der Waals surface area contributed by atoms with E-state index in [4.69, 9.17) is 26.6 Å². The Kier molecular flexibility index (Phi) is 18.0. The molecule has 6 nitrogen and oxygen atoms in total. The molecule has 0 heterocycles. The SMILES string of the molecule is CC(C)O[Si](OC(C)C)(OC(C)C)C(C)(C)C.CCCO[Si](OCCC)(OCCC)C(C)(C)C. The van der Waals surface area contributed by atoms with Crippen molar-refractivity contribution in [1.82, 2.24) is 0 Å². The summed E-state index contributed by atoms with van der Waals surface area (Å²) in [6, 6.07) is 0. The predicted octanol–water partition coefficient (Wildman–Crippen LogP) is 8.01. The molecular weight excluding hydrogens is 464 g/mol. The van der Waals surface area contributed by atoms with Crippen LogP contribution in [-0.4, -0.2) is 55.7 Å². The third-order valence-corrected chi connectivity index (χ3v) is 12.3. The molecule has 0 unspecified atom stereocenters. The Morgan fingerprint density at radius 1 is 0.471 bits per heavy atom. The third kappa shape index (κ3) is 13.5. The molecule has 0 aliphatic heterocycles. The standard InChI is InChI=1S/2C13H30O3Si/c1-10(2)14-17(13(7,8)9,15-11(3)4)16-12(5)6;1-7-10-14-17(13(4,5)6,15-11-8-2)16-12-9-3/h10-12H,1-9H3;7-12H2,1-6H3. The Labute approximate surface area is 215 Å². The van der Waals surface area contributed by atoms with Crippen LogP contribution in [0.15, 0.2) is 0 Å². The van der Waals surface area contributed by atoms with Crippen molar-refractivity contribution in [3.8, 4) is 0 Å². The van der Waals surface area contributed by atoms with Crippen LogP contribution < -0.4 is 0 Å². The Hall–Kier alpha value is 0.194. The molecule has 0 aromatic rings. The summed E-state index contributed by atoms with van der Waals surface area (Å²) >= 11 is 0. The molecule has 0 radical (unpaired) electrons. The topological polar surface area (TPSA) is 55.4 Å². The van der Waals surface area contributed by atoms with Crippen LogP contribution in [0.2, 0.25) is 10.1 Å². The molecule has 0 atom stereocenters. The third-order valence-electron chi connectivity index (χ3n) is 4.50. The average molecular weight is 525 g/mol. The lowest BCUT2D eigenvalue weighted by molar-refractivity contribution is -0.0129. The van der Waals surface area contributed by atoms with Gasteiger partial charge in [-0.05, 0) is 60.8 Å². The summed E-state index contributed by atoms with van der Waals surface area (Å²) in [5.74, 6) is 0. The van der Waals surface area contributed by atoms with Gasteiger partial charge < -0.3 is 26.6 Å². The van der Waals surface area contributed by atoms with E-state index in [9.17, 15) is 0 Å². The van der Waals surface area contributed by atoms with Crippen LogP contribution in [0.1, 0.15) is 123 Å². The normalized spacial score (nSPS) is 13.6. The maximum absolute atomic E-state index is 6.12. The second kappa shape index (κ2) is 16.8. The quantitative estimate of drug-likeness (QED) is 0.202. The second-order valence-corrected chi connectivity index (χ2v) is 18.5. The summed E-state index contributed by atoms with van der Waals surface area (Å²) < 4.78 is 36.5. The monoisotopic (exact) mass is 524 g/mol. The van der Waals surface area contributed by atoms with Crippen LogP contribution >= 0.6 is 0 Å². The zero-order valence-corrected chi connectivity index (χ0v) is 27.4. The Bertz CT molecular complexity index is 450. The van der Waals surface area contributed by atoms with Gasteiger partial charge in [-0.3, -0.25) is 0 Å². The van der Waals surface area contributed by atoms with Gasteiger partial charge in [-0.2, -0.15) is 0 Å². The molecule has 0 bridgehead atoms. The van der Waals surface area contributed by atoms with Crippen molar-refractivity contribution in [2.24, 2.45) is 0 Å². The highest BCUT2D eigenvalue weighted by Gasteiger charge is 2.55. The molecule has 0 aliphatic carbocycles. The first-order valence-electron chi connectivity index (χ1n) is 13.4. The lowest BCUT2D eigenvalue weighted by Gasteiger charge is -2.42. The van der Waals surface area contributed by atoms with E-state index in [0.717, 1.165) is 39.1 Å². The summed E-state index contributed by atoms with van der Waals surface area (Å²) in [7, 11) is -5.25. The van der Waals surface area contributed by atoms with Gasteiger partial charge >= 0.3 is 17.6 Å². The molecule has 0 fully saturated rings. The van der Waals surface area contributed by atoms with E-state index >= 15 is 0 Å². The summed E-state index contributed by atoms with van der Waals surface area (Å²) in [6.07, 6.45) is 3.32. The number of hydrogen-bond acceptors (Lipinski definition) is 6. The van der Waals surface area contributed by atoms with Gasteiger partial charge in [0.25, 0.3) is 0 Å². The van der Waals surface area contributed by atoms with E-state index in [2.05, 4.69) is 62.3 Å². The molecular formula is C26H60O6Si2. The highest BCUT2D eigenvalue weighted by molar-refractivity contribution is 6.64. The van der Waals surface area contributed by atoms with Crippen molar-refractivity contribution < 1.29 is 26.6 Å². The molecule has 0 saturated heterocycles. The highest BCUT2D eigenvalue weighted by Crippen LogP contribution is 2.41. The molecule has 0 aromatic heterocycles. The zero-order chi connectivity index (χ0) is 27.2. The number of rotatable bonds is 15. The first-order valence-corrected chi connectivity index (χ1v) is 16.8. The van der Waals surface area contributed by atoms with Gasteiger partial charge in [0.2, 0.25) is 0 Å². The van der Waals surface area contributed by atoms with Crippen molar-refractivity contribution in [3.05, 3.63) is 0 Å². The highest BCUT2D eigenvalue weighted by atomic mass is 28.4. The minimum absolute atomic E-state index is 0.0630. The van der Waals surface area contributed by atoms with Gasteiger partial charge in [0.05, 0.1) is 0 Å². The van der Waals surface area contributed by atoms with Crippen LogP contribution in [-0.2, 0) is 26.6 Å². The zero-order valence-electron chi connectivity index (χ0n) is 25.4. The first-order chi connectivity index (χ1) is 15.4. The summed E-state index contributed by atoms with van der Waals surface area (Å²) in [5.41, 5.74) is 0. The molecule has 0 aromatic carbocycles. The van der Waals surface area contributed by atoms with Crippen molar-refractivity contribution in [2.45, 2.75) is 152 Å². The lowest BCUT2D eigenvalue weighted by atomic mass is 10.3. The molecule has 0 aliphatic rings. The van der Waals surface area contributed by atoms with Gasteiger partial charge in [0.1, 0.15) is 0 Å². The van der Waals surface area contributed by atoms with Crippen molar-refractivity contribution in [1.29, 1.82) is 0 Å². The molecule has 0 amide bonds. The molecule has 208 valence electrons. The minimum Gasteiger partial charge on any atom is -0.373 e. The maximum atomic E-state index is 6.12. The fraction of sp³-hybridized carbons (Fsp3) is 1.00. The van der Waals surface area contributed by atoms with E-state index < -0.39 is 17.6 Å². The fourth-order valence-electron chi connectivity index (χ4n) is 3.03. The predicted molar refractivity (Wildman–Crippen MR) is 148 cm³/mol. The fourth-order valence-corrected chi connectivity index (χ4v) is 9.09. The Morgan fingerprint density at radius 3 is 0.853 bits per heavy atom. The summed E-state index contributed by atoms with van der Waals surface area (Å²) in [5, 5.41) is -0.182. The van der Waals surface area contributed by atoms with Gasteiger partial charge in [-0.15, -0.1) is 0 Å². The van der Waals surface area contributed by atoms with Gasteiger partial charge in [-0.1, -0.05) is 62.3 Å². The first kappa shape index (κ1) is 36.4. The summed E-state index contributed by atoms with van der Waals surface area (Å²) in [4.78, 5) is 0. The molecule has 8 heteroatoms. The molecule has 0 saturated carbocycles.